The van der Waals surface area contributed by atoms with Crippen LogP contribution in [-0.2, 0) is 0 Å². The molecule has 0 unspecified atom stereocenters. The quantitative estimate of drug-likeness (QED) is 0.789. The summed E-state index contributed by atoms with van der Waals surface area (Å²) in [6.07, 6.45) is 1.65. The first-order valence-corrected chi connectivity index (χ1v) is 6.27. The highest BCUT2D eigenvalue weighted by molar-refractivity contribution is 6.34. The number of hydrogen-bond donors (Lipinski definition) is 0. The summed E-state index contributed by atoms with van der Waals surface area (Å²) in [7, 11) is 0. The second kappa shape index (κ2) is 5.16. The normalized spacial score (nSPS) is 11.0. The lowest BCUT2D eigenvalue weighted by Gasteiger charge is -2.10. The number of aromatic nitrogens is 4. The molecule has 0 aliphatic rings. The second-order valence-corrected chi connectivity index (χ2v) is 4.90. The van der Waals surface area contributed by atoms with Crippen molar-refractivity contribution in [1.29, 1.82) is 0 Å². The van der Waals surface area contributed by atoms with E-state index in [-0.39, 0.29) is 5.92 Å². The summed E-state index contributed by atoms with van der Waals surface area (Å²) in [5.41, 5.74) is 1.37. The molecule has 0 saturated carbocycles. The van der Waals surface area contributed by atoms with Gasteiger partial charge in [-0.3, -0.25) is 0 Å². The zero-order valence-corrected chi connectivity index (χ0v) is 11.8. The summed E-state index contributed by atoms with van der Waals surface area (Å²) >= 11 is 12.3. The van der Waals surface area contributed by atoms with E-state index in [1.165, 1.54) is 0 Å². The maximum Gasteiger partial charge on any atom is 0.181 e. The molecule has 2 aromatic rings. The fraction of sp³-hybridized carbons (Fsp3) is 0.333. The zero-order valence-electron chi connectivity index (χ0n) is 10.3. The van der Waals surface area contributed by atoms with Crippen molar-refractivity contribution in [2.75, 3.05) is 0 Å². The summed E-state index contributed by atoms with van der Waals surface area (Å²) in [6, 6.07) is 1.73. The molecular weight excluding hydrogens is 271 g/mol. The summed E-state index contributed by atoms with van der Waals surface area (Å²) in [5.74, 6) is 1.24. The van der Waals surface area contributed by atoms with Crippen molar-refractivity contribution in [2.45, 2.75) is 26.7 Å². The molecule has 4 nitrogen and oxygen atoms in total. The van der Waals surface area contributed by atoms with E-state index < -0.39 is 0 Å². The van der Waals surface area contributed by atoms with E-state index in [4.69, 9.17) is 23.2 Å². The highest BCUT2D eigenvalue weighted by Gasteiger charge is 2.16. The van der Waals surface area contributed by atoms with Gasteiger partial charge in [-0.25, -0.2) is 19.9 Å². The van der Waals surface area contributed by atoms with Crippen LogP contribution >= 0.6 is 23.2 Å². The van der Waals surface area contributed by atoms with Crippen LogP contribution in [0.3, 0.4) is 0 Å². The Kier molecular flexibility index (Phi) is 3.78. The van der Waals surface area contributed by atoms with Crippen molar-refractivity contribution < 1.29 is 0 Å². The van der Waals surface area contributed by atoms with Gasteiger partial charge in [0, 0.05) is 11.8 Å². The van der Waals surface area contributed by atoms with E-state index in [0.29, 0.717) is 27.6 Å². The third-order valence-electron chi connectivity index (χ3n) is 2.44. The van der Waals surface area contributed by atoms with Gasteiger partial charge in [-0.2, -0.15) is 0 Å². The van der Waals surface area contributed by atoms with Crippen LogP contribution in [-0.4, -0.2) is 19.9 Å². The number of nitrogens with zero attached hydrogens (tertiary/aromatic N) is 4. The highest BCUT2D eigenvalue weighted by atomic mass is 35.5. The van der Waals surface area contributed by atoms with Crippen LogP contribution in [0.15, 0.2) is 12.3 Å². The Balaban J connectivity index is 2.55. The van der Waals surface area contributed by atoms with Crippen molar-refractivity contribution in [1.82, 2.24) is 19.9 Å². The molecule has 0 aliphatic heterocycles. The maximum atomic E-state index is 6.14. The Hall–Kier alpha value is -1.26. The van der Waals surface area contributed by atoms with Gasteiger partial charge < -0.3 is 0 Å². The van der Waals surface area contributed by atoms with Crippen LogP contribution in [0, 0.1) is 6.92 Å². The molecule has 0 radical (unpaired) electrons. The zero-order chi connectivity index (χ0) is 13.3. The number of aryl methyl sites for hydroxylation is 1. The lowest BCUT2D eigenvalue weighted by Crippen LogP contribution is -2.01. The van der Waals surface area contributed by atoms with Crippen molar-refractivity contribution in [3.63, 3.8) is 0 Å². The standard InChI is InChI=1S/C12H12Cl2N4/c1-6(2)9-10(13)17-12(18-11(9)14)8-4-5-15-7(3)16-8/h4-6H,1-3H3. The van der Waals surface area contributed by atoms with Gasteiger partial charge in [0.15, 0.2) is 5.82 Å². The molecule has 0 aromatic carbocycles. The molecule has 0 atom stereocenters. The Labute approximate surface area is 115 Å². The molecule has 0 N–H and O–H groups in total. The van der Waals surface area contributed by atoms with Crippen LogP contribution < -0.4 is 0 Å². The maximum absolute atomic E-state index is 6.14. The molecular formula is C12H12Cl2N4. The van der Waals surface area contributed by atoms with Crippen LogP contribution in [0.1, 0.15) is 31.2 Å². The first kappa shape index (κ1) is 13.2. The smallest absolute Gasteiger partial charge is 0.181 e. The van der Waals surface area contributed by atoms with E-state index >= 15 is 0 Å². The Morgan fingerprint density at radius 3 is 2.17 bits per heavy atom. The van der Waals surface area contributed by atoms with Crippen LogP contribution in [0.5, 0.6) is 0 Å². The molecule has 0 fully saturated rings. The second-order valence-electron chi connectivity index (χ2n) is 4.19. The average molecular weight is 283 g/mol. The van der Waals surface area contributed by atoms with Crippen LogP contribution in [0.25, 0.3) is 11.5 Å². The lowest BCUT2D eigenvalue weighted by atomic mass is 10.1. The SMILES string of the molecule is Cc1nccc(-c2nc(Cl)c(C(C)C)c(Cl)n2)n1. The largest absolute Gasteiger partial charge is 0.242 e. The molecule has 18 heavy (non-hydrogen) atoms. The van der Waals surface area contributed by atoms with Gasteiger partial charge in [0.05, 0.1) is 0 Å². The first-order valence-electron chi connectivity index (χ1n) is 5.52. The average Bonchev–Trinajstić information content (AvgIpc) is 2.27. The van der Waals surface area contributed by atoms with E-state index in [2.05, 4.69) is 19.9 Å². The molecule has 0 amide bonds. The van der Waals surface area contributed by atoms with Gasteiger partial charge in [0.2, 0.25) is 0 Å². The summed E-state index contributed by atoms with van der Waals surface area (Å²) in [6.45, 7) is 5.78. The minimum atomic E-state index is 0.172. The summed E-state index contributed by atoms with van der Waals surface area (Å²) in [4.78, 5) is 16.8. The molecule has 0 saturated heterocycles. The van der Waals surface area contributed by atoms with Gasteiger partial charge in [-0.05, 0) is 18.9 Å². The third kappa shape index (κ3) is 2.60. The highest BCUT2D eigenvalue weighted by Crippen LogP contribution is 2.30. The Bertz CT molecular complexity index is 561. The Morgan fingerprint density at radius 1 is 1.06 bits per heavy atom. The molecule has 2 rings (SSSR count). The van der Waals surface area contributed by atoms with Crippen molar-refractivity contribution in [2.24, 2.45) is 0 Å². The topological polar surface area (TPSA) is 51.6 Å². The van der Waals surface area contributed by atoms with E-state index in [0.717, 1.165) is 5.56 Å². The van der Waals surface area contributed by atoms with E-state index in [1.54, 1.807) is 19.2 Å². The van der Waals surface area contributed by atoms with Gasteiger partial charge in [-0.15, -0.1) is 0 Å². The van der Waals surface area contributed by atoms with Crippen LogP contribution in [0.4, 0.5) is 0 Å². The fourth-order valence-electron chi connectivity index (χ4n) is 1.59. The van der Waals surface area contributed by atoms with Gasteiger partial charge >= 0.3 is 0 Å². The summed E-state index contributed by atoms with van der Waals surface area (Å²) < 4.78 is 0. The third-order valence-corrected chi connectivity index (χ3v) is 3.01. The summed E-state index contributed by atoms with van der Waals surface area (Å²) in [5, 5.41) is 0.743. The van der Waals surface area contributed by atoms with Crippen molar-refractivity contribution in [3.8, 4) is 11.5 Å². The molecule has 0 aliphatic carbocycles. The number of rotatable bonds is 2. The van der Waals surface area contributed by atoms with Crippen molar-refractivity contribution in [3.05, 3.63) is 34.0 Å². The number of halogens is 2. The van der Waals surface area contributed by atoms with Crippen molar-refractivity contribution >= 4 is 23.2 Å². The predicted molar refractivity (Wildman–Crippen MR) is 71.9 cm³/mol. The fourth-order valence-corrected chi connectivity index (χ4v) is 2.41. The molecule has 0 bridgehead atoms. The van der Waals surface area contributed by atoms with Gasteiger partial charge in [0.25, 0.3) is 0 Å². The molecule has 6 heteroatoms. The Morgan fingerprint density at radius 2 is 1.67 bits per heavy atom. The molecule has 0 spiro atoms. The van der Waals surface area contributed by atoms with E-state index in [9.17, 15) is 0 Å². The molecule has 94 valence electrons. The first-order chi connectivity index (χ1) is 8.49. The van der Waals surface area contributed by atoms with Gasteiger partial charge in [0.1, 0.15) is 21.8 Å². The number of hydrogen-bond acceptors (Lipinski definition) is 4. The predicted octanol–water partition coefficient (Wildman–Crippen LogP) is 3.67. The minimum Gasteiger partial charge on any atom is -0.242 e. The van der Waals surface area contributed by atoms with E-state index in [1.807, 2.05) is 13.8 Å². The molecule has 2 heterocycles. The van der Waals surface area contributed by atoms with Gasteiger partial charge in [-0.1, -0.05) is 37.0 Å². The van der Waals surface area contributed by atoms with Crippen LogP contribution in [0.2, 0.25) is 10.3 Å². The lowest BCUT2D eigenvalue weighted by molar-refractivity contribution is 0.847. The minimum absolute atomic E-state index is 0.172. The molecule has 2 aromatic heterocycles. The monoisotopic (exact) mass is 282 g/mol.